The van der Waals surface area contributed by atoms with Crippen LogP contribution in [-0.2, 0) is 4.74 Å². The van der Waals surface area contributed by atoms with Gasteiger partial charge in [0.1, 0.15) is 5.82 Å². The van der Waals surface area contributed by atoms with Crippen LogP contribution in [0.15, 0.2) is 30.6 Å². The second kappa shape index (κ2) is 5.57. The number of aromatic hydroxyl groups is 1. The molecule has 122 valence electrons. The average molecular weight is 327 g/mol. The van der Waals surface area contributed by atoms with Gasteiger partial charge in [-0.25, -0.2) is 19.3 Å². The molecule has 1 aliphatic rings. The number of nitrogens with one attached hydrogen (secondary N) is 1. The van der Waals surface area contributed by atoms with E-state index < -0.39 is 11.6 Å². The molecule has 0 radical (unpaired) electrons. The lowest BCUT2D eigenvalue weighted by molar-refractivity contribution is 0.0208. The first-order chi connectivity index (χ1) is 11.6. The highest BCUT2D eigenvalue weighted by atomic mass is 19.1. The number of phenolic OH excluding ortho intramolecular Hbond substituents is 1. The first-order valence-corrected chi connectivity index (χ1v) is 7.37. The zero-order valence-electron chi connectivity index (χ0n) is 12.5. The van der Waals surface area contributed by atoms with Crippen LogP contribution >= 0.6 is 0 Å². The van der Waals surface area contributed by atoms with Crippen molar-refractivity contribution in [2.24, 2.45) is 0 Å². The minimum Gasteiger partial charge on any atom is -0.505 e. The van der Waals surface area contributed by atoms with E-state index in [1.807, 2.05) is 0 Å². The molecule has 1 aliphatic heterocycles. The number of aromatic nitrogens is 3. The highest BCUT2D eigenvalue weighted by Gasteiger charge is 2.20. The molecule has 4 rings (SSSR count). The summed E-state index contributed by atoms with van der Waals surface area (Å²) in [7, 11) is 0. The van der Waals surface area contributed by atoms with Gasteiger partial charge < -0.3 is 20.9 Å². The Morgan fingerprint density at radius 3 is 2.79 bits per heavy atom. The molecule has 1 fully saturated rings. The second-order valence-corrected chi connectivity index (χ2v) is 5.53. The molecule has 0 aliphatic carbocycles. The summed E-state index contributed by atoms with van der Waals surface area (Å²) < 4.78 is 19.4. The lowest BCUT2D eigenvalue weighted by Crippen LogP contribution is -2.40. The van der Waals surface area contributed by atoms with Crippen LogP contribution < -0.4 is 11.1 Å². The molecule has 0 spiro atoms. The monoisotopic (exact) mass is 327 g/mol. The van der Waals surface area contributed by atoms with Crippen LogP contribution in [0, 0.1) is 5.82 Å². The van der Waals surface area contributed by atoms with Crippen molar-refractivity contribution in [3.05, 3.63) is 36.4 Å². The molecule has 8 heteroatoms. The Balaban J connectivity index is 1.89. The fourth-order valence-electron chi connectivity index (χ4n) is 2.54. The van der Waals surface area contributed by atoms with Crippen molar-refractivity contribution in [2.75, 3.05) is 24.3 Å². The molecule has 7 nitrogen and oxygen atoms in total. The summed E-state index contributed by atoms with van der Waals surface area (Å²) in [5.74, 6) is -0.501. The molecule has 3 aromatic rings. The second-order valence-electron chi connectivity index (χ2n) is 5.53. The van der Waals surface area contributed by atoms with E-state index in [1.54, 1.807) is 18.3 Å². The highest BCUT2D eigenvalue weighted by molar-refractivity contribution is 5.98. The number of nitrogens with two attached hydrogens (primary N) is 1. The first kappa shape index (κ1) is 14.6. The number of phenols is 1. The van der Waals surface area contributed by atoms with E-state index in [9.17, 15) is 9.50 Å². The van der Waals surface area contributed by atoms with Crippen LogP contribution in [0.5, 0.6) is 5.75 Å². The number of halogens is 1. The van der Waals surface area contributed by atoms with Crippen molar-refractivity contribution in [3.63, 3.8) is 0 Å². The Morgan fingerprint density at radius 2 is 2.04 bits per heavy atom. The topological polar surface area (TPSA) is 106 Å². The lowest BCUT2D eigenvalue weighted by atomic mass is 10.0. The summed E-state index contributed by atoms with van der Waals surface area (Å²) >= 11 is 0. The molecule has 2 aromatic heterocycles. The smallest absolute Gasteiger partial charge is 0.223 e. The van der Waals surface area contributed by atoms with Crippen molar-refractivity contribution >= 4 is 22.7 Å². The third-order valence-electron chi connectivity index (χ3n) is 3.89. The molecule has 3 heterocycles. The quantitative estimate of drug-likeness (QED) is 0.675. The molecule has 1 aromatic carbocycles. The Bertz CT molecular complexity index is 930. The normalized spacial score (nSPS) is 14.5. The third kappa shape index (κ3) is 2.37. The number of nitrogens with zero attached hydrogens (tertiary/aromatic N) is 3. The maximum Gasteiger partial charge on any atom is 0.223 e. The summed E-state index contributed by atoms with van der Waals surface area (Å²) in [5.41, 5.74) is 6.98. The number of ether oxygens (including phenoxy) is 1. The molecule has 1 saturated heterocycles. The standard InChI is InChI=1S/C16H14FN5O2/c17-13-9(2-1-3-12(13)23)10-4-19-15(18)11-5-20-16(22-14(10)11)21-8-6-24-7-8/h1-5,8,23H,6-7H2,(H2,18,19)(H,20,21,22). The fourth-order valence-corrected chi connectivity index (χ4v) is 2.54. The van der Waals surface area contributed by atoms with E-state index >= 15 is 0 Å². The summed E-state index contributed by atoms with van der Waals surface area (Å²) in [4.78, 5) is 12.8. The van der Waals surface area contributed by atoms with Gasteiger partial charge in [0.25, 0.3) is 0 Å². The van der Waals surface area contributed by atoms with E-state index in [0.29, 0.717) is 35.6 Å². The maximum absolute atomic E-state index is 14.3. The van der Waals surface area contributed by atoms with Gasteiger partial charge in [-0.2, -0.15) is 0 Å². The van der Waals surface area contributed by atoms with Gasteiger partial charge in [-0.05, 0) is 6.07 Å². The van der Waals surface area contributed by atoms with E-state index in [-0.39, 0.29) is 17.4 Å². The van der Waals surface area contributed by atoms with Crippen LogP contribution in [0.2, 0.25) is 0 Å². The van der Waals surface area contributed by atoms with Crippen molar-refractivity contribution in [1.29, 1.82) is 0 Å². The van der Waals surface area contributed by atoms with Crippen LogP contribution in [0.25, 0.3) is 22.0 Å². The number of pyridine rings is 1. The zero-order chi connectivity index (χ0) is 16.7. The van der Waals surface area contributed by atoms with E-state index in [0.717, 1.165) is 0 Å². The van der Waals surface area contributed by atoms with Gasteiger partial charge in [0, 0.05) is 23.5 Å². The van der Waals surface area contributed by atoms with Gasteiger partial charge >= 0.3 is 0 Å². The van der Waals surface area contributed by atoms with Gasteiger partial charge in [0.05, 0.1) is 30.2 Å². The molecule has 24 heavy (non-hydrogen) atoms. The predicted octanol–water partition coefficient (Wildman–Crippen LogP) is 1.93. The van der Waals surface area contributed by atoms with Gasteiger partial charge in [0.2, 0.25) is 5.95 Å². The van der Waals surface area contributed by atoms with Crippen LogP contribution in [0.1, 0.15) is 0 Å². The number of hydrogen-bond donors (Lipinski definition) is 3. The van der Waals surface area contributed by atoms with Gasteiger partial charge in [-0.3, -0.25) is 0 Å². The van der Waals surface area contributed by atoms with Crippen LogP contribution in [-0.4, -0.2) is 39.3 Å². The summed E-state index contributed by atoms with van der Waals surface area (Å²) in [6, 6.07) is 4.55. The van der Waals surface area contributed by atoms with Crippen molar-refractivity contribution < 1.29 is 14.2 Å². The zero-order valence-corrected chi connectivity index (χ0v) is 12.5. The molecule has 0 amide bonds. The number of hydrogen-bond acceptors (Lipinski definition) is 7. The molecule has 0 bridgehead atoms. The molecular weight excluding hydrogens is 313 g/mol. The number of anilines is 2. The maximum atomic E-state index is 14.3. The number of benzene rings is 1. The summed E-state index contributed by atoms with van der Waals surface area (Å²) in [5, 5.41) is 13.3. The summed E-state index contributed by atoms with van der Waals surface area (Å²) in [6.45, 7) is 1.18. The Hall–Kier alpha value is -3.00. The van der Waals surface area contributed by atoms with Gasteiger partial charge in [-0.1, -0.05) is 12.1 Å². The minimum atomic E-state index is -0.731. The van der Waals surface area contributed by atoms with Crippen LogP contribution in [0.3, 0.4) is 0 Å². The van der Waals surface area contributed by atoms with E-state index in [4.69, 9.17) is 10.5 Å². The predicted molar refractivity (Wildman–Crippen MR) is 87.0 cm³/mol. The van der Waals surface area contributed by atoms with Gasteiger partial charge in [0.15, 0.2) is 11.6 Å². The minimum absolute atomic E-state index is 0.155. The average Bonchev–Trinajstić information content (AvgIpc) is 2.54. The largest absolute Gasteiger partial charge is 0.505 e. The Labute approximate surface area is 136 Å². The fraction of sp³-hybridized carbons (Fsp3) is 0.188. The molecule has 0 atom stereocenters. The Kier molecular flexibility index (Phi) is 3.39. The molecule has 0 unspecified atom stereocenters. The molecule has 0 saturated carbocycles. The van der Waals surface area contributed by atoms with E-state index in [1.165, 1.54) is 12.3 Å². The van der Waals surface area contributed by atoms with Gasteiger partial charge in [-0.15, -0.1) is 0 Å². The van der Waals surface area contributed by atoms with Crippen molar-refractivity contribution in [2.45, 2.75) is 6.04 Å². The molecular formula is C16H14FN5O2. The number of nitrogen functional groups attached to an aromatic ring is 1. The lowest BCUT2D eigenvalue weighted by Gasteiger charge is -2.26. The van der Waals surface area contributed by atoms with Crippen molar-refractivity contribution in [3.8, 4) is 16.9 Å². The summed E-state index contributed by atoms with van der Waals surface area (Å²) in [6.07, 6.45) is 3.00. The molecule has 4 N–H and O–H groups in total. The Morgan fingerprint density at radius 1 is 1.21 bits per heavy atom. The number of fused-ring (bicyclic) bond motifs is 1. The first-order valence-electron chi connectivity index (χ1n) is 7.37. The number of rotatable bonds is 3. The van der Waals surface area contributed by atoms with E-state index in [2.05, 4.69) is 20.3 Å². The van der Waals surface area contributed by atoms with Crippen molar-refractivity contribution in [1.82, 2.24) is 15.0 Å². The van der Waals surface area contributed by atoms with Crippen LogP contribution in [0.4, 0.5) is 16.2 Å². The third-order valence-corrected chi connectivity index (χ3v) is 3.89. The highest BCUT2D eigenvalue weighted by Crippen LogP contribution is 2.33. The SMILES string of the molecule is Nc1ncc(-c2cccc(O)c2F)c2nc(NC3COC3)ncc12.